The van der Waals surface area contributed by atoms with Crippen LogP contribution >= 0.6 is 0 Å². The lowest BCUT2D eigenvalue weighted by Crippen LogP contribution is -2.40. The van der Waals surface area contributed by atoms with Crippen LogP contribution in [0.4, 0.5) is 23.8 Å². The minimum absolute atomic E-state index is 0.0770. The fraction of sp³-hybridized carbons (Fsp3) is 0.286. The fourth-order valence-electron chi connectivity index (χ4n) is 3.40. The number of aromatic nitrogens is 1. The largest absolute Gasteiger partial charge is 0.465 e. The Hall–Kier alpha value is -3.60. The highest BCUT2D eigenvalue weighted by atomic mass is 19.4. The molecule has 0 radical (unpaired) electrons. The molecule has 1 aliphatic rings. The molecule has 3 heterocycles. The predicted molar refractivity (Wildman–Crippen MR) is 108 cm³/mol. The number of carbonyl (C=O) groups excluding carboxylic acids is 1. The van der Waals surface area contributed by atoms with Crippen molar-refractivity contribution >= 4 is 28.9 Å². The molecule has 0 saturated carbocycles. The van der Waals surface area contributed by atoms with Crippen LogP contribution in [0.5, 0.6) is 0 Å². The second kappa shape index (κ2) is 8.15. The van der Waals surface area contributed by atoms with Crippen molar-refractivity contribution in [2.45, 2.75) is 6.18 Å². The third kappa shape index (κ3) is 4.11. The van der Waals surface area contributed by atoms with Crippen molar-refractivity contribution in [2.75, 3.05) is 38.3 Å². The number of hydrogen-bond acceptors (Lipinski definition) is 5. The number of morpholine rings is 1. The molecular weight excluding hydrogens is 431 g/mol. The third-order valence-corrected chi connectivity index (χ3v) is 5.13. The van der Waals surface area contributed by atoms with Crippen molar-refractivity contribution in [1.29, 1.82) is 0 Å². The van der Waals surface area contributed by atoms with Crippen molar-refractivity contribution in [2.24, 2.45) is 0 Å². The van der Waals surface area contributed by atoms with Gasteiger partial charge in [0.25, 0.3) is 5.91 Å². The van der Waals surface area contributed by atoms with Gasteiger partial charge in [0.05, 0.1) is 30.0 Å². The van der Waals surface area contributed by atoms with Crippen molar-refractivity contribution in [3.8, 4) is 11.3 Å². The lowest BCUT2D eigenvalue weighted by molar-refractivity contribution is -0.136. The number of halogens is 3. The van der Waals surface area contributed by atoms with Crippen LogP contribution in [0, 0.1) is 0 Å². The summed E-state index contributed by atoms with van der Waals surface area (Å²) in [4.78, 5) is 30.2. The van der Waals surface area contributed by atoms with Gasteiger partial charge in [-0.25, -0.2) is 4.79 Å². The van der Waals surface area contributed by atoms with Gasteiger partial charge < -0.3 is 19.2 Å². The van der Waals surface area contributed by atoms with E-state index in [9.17, 15) is 22.8 Å². The summed E-state index contributed by atoms with van der Waals surface area (Å²) in [5, 5.41) is 9.16. The molecule has 2 amide bonds. The third-order valence-electron chi connectivity index (χ3n) is 5.13. The van der Waals surface area contributed by atoms with Crippen LogP contribution in [0.25, 0.3) is 22.2 Å². The second-order valence-electron chi connectivity index (χ2n) is 7.20. The number of carboxylic acid groups (broad SMARTS) is 1. The van der Waals surface area contributed by atoms with Gasteiger partial charge in [-0.05, 0) is 24.3 Å². The van der Waals surface area contributed by atoms with Crippen molar-refractivity contribution in [3.63, 3.8) is 0 Å². The van der Waals surface area contributed by atoms with E-state index in [0.29, 0.717) is 36.8 Å². The van der Waals surface area contributed by atoms with Gasteiger partial charge in [0.15, 0.2) is 0 Å². The number of nitrogens with zero attached hydrogens (tertiary/aromatic N) is 3. The second-order valence-corrected chi connectivity index (χ2v) is 7.20. The standard InChI is InChI=1S/C21H18F3N3O5/c1-26(20(29)30)17-10-14-8-13(9-15(18(14)32-17)21(22,23)24)16-3-2-12(11-25-16)19(28)27-4-6-31-7-5-27/h2-3,8-11H,4-7H2,1H3,(H,29,30). The maximum Gasteiger partial charge on any atom is 0.420 e. The summed E-state index contributed by atoms with van der Waals surface area (Å²) in [7, 11) is 1.17. The highest BCUT2D eigenvalue weighted by molar-refractivity contribution is 5.95. The summed E-state index contributed by atoms with van der Waals surface area (Å²) >= 11 is 0. The van der Waals surface area contributed by atoms with Gasteiger partial charge in [-0.15, -0.1) is 0 Å². The molecule has 3 aromatic rings. The van der Waals surface area contributed by atoms with Crippen LogP contribution < -0.4 is 4.90 Å². The van der Waals surface area contributed by atoms with E-state index in [0.717, 1.165) is 6.07 Å². The highest BCUT2D eigenvalue weighted by Gasteiger charge is 2.35. The van der Waals surface area contributed by atoms with E-state index in [-0.39, 0.29) is 28.4 Å². The number of fused-ring (bicyclic) bond motifs is 1. The summed E-state index contributed by atoms with van der Waals surface area (Å²) in [6.45, 7) is 1.81. The van der Waals surface area contributed by atoms with E-state index >= 15 is 0 Å². The Morgan fingerprint density at radius 1 is 1.16 bits per heavy atom. The Morgan fingerprint density at radius 3 is 2.47 bits per heavy atom. The van der Waals surface area contributed by atoms with Crippen molar-refractivity contribution in [1.82, 2.24) is 9.88 Å². The molecular formula is C21H18F3N3O5. The average molecular weight is 449 g/mol. The number of rotatable bonds is 3. The Morgan fingerprint density at radius 2 is 1.88 bits per heavy atom. The van der Waals surface area contributed by atoms with Crippen LogP contribution in [0.15, 0.2) is 40.9 Å². The number of benzene rings is 1. The Balaban J connectivity index is 1.72. The monoisotopic (exact) mass is 449 g/mol. The number of pyridine rings is 1. The lowest BCUT2D eigenvalue weighted by atomic mass is 10.0. The zero-order valence-electron chi connectivity index (χ0n) is 16.8. The van der Waals surface area contributed by atoms with Gasteiger partial charge in [0, 0.05) is 43.4 Å². The molecule has 4 rings (SSSR count). The first-order valence-electron chi connectivity index (χ1n) is 9.60. The van der Waals surface area contributed by atoms with Crippen molar-refractivity contribution in [3.05, 3.63) is 47.7 Å². The molecule has 168 valence electrons. The molecule has 0 unspecified atom stereocenters. The number of hydrogen-bond donors (Lipinski definition) is 1. The summed E-state index contributed by atoms with van der Waals surface area (Å²) in [6.07, 6.45) is -4.79. The molecule has 0 bridgehead atoms. The van der Waals surface area contributed by atoms with Gasteiger partial charge in [0.2, 0.25) is 5.88 Å². The van der Waals surface area contributed by atoms with E-state index < -0.39 is 23.4 Å². The van der Waals surface area contributed by atoms with Crippen LogP contribution in [0.1, 0.15) is 15.9 Å². The number of anilines is 1. The SMILES string of the molecule is CN(C(=O)O)c1cc2cc(-c3ccc(C(=O)N4CCOCC4)cn3)cc(C(F)(F)F)c2o1. The smallest absolute Gasteiger partial charge is 0.420 e. The minimum atomic E-state index is -4.74. The molecule has 0 atom stereocenters. The highest BCUT2D eigenvalue weighted by Crippen LogP contribution is 2.40. The first-order chi connectivity index (χ1) is 15.1. The van der Waals surface area contributed by atoms with Crippen LogP contribution in [-0.2, 0) is 10.9 Å². The first kappa shape index (κ1) is 21.6. The summed E-state index contributed by atoms with van der Waals surface area (Å²) in [5.74, 6) is -0.468. The van der Waals surface area contributed by atoms with Gasteiger partial charge in [-0.1, -0.05) is 0 Å². The molecule has 11 heteroatoms. The zero-order valence-corrected chi connectivity index (χ0v) is 16.8. The Labute approximate surface area is 179 Å². The van der Waals surface area contributed by atoms with Crippen molar-refractivity contribution < 1.29 is 37.0 Å². The van der Waals surface area contributed by atoms with Crippen LogP contribution in [0.2, 0.25) is 0 Å². The Bertz CT molecular complexity index is 1170. The van der Waals surface area contributed by atoms with Gasteiger partial charge in [-0.2, -0.15) is 13.2 Å². The van der Waals surface area contributed by atoms with E-state index in [1.54, 1.807) is 4.90 Å². The molecule has 1 saturated heterocycles. The predicted octanol–water partition coefficient (Wildman–Crippen LogP) is 4.10. The quantitative estimate of drug-likeness (QED) is 0.647. The number of furan rings is 1. The Kier molecular flexibility index (Phi) is 5.51. The summed E-state index contributed by atoms with van der Waals surface area (Å²) in [6, 6.07) is 6.52. The summed E-state index contributed by atoms with van der Waals surface area (Å²) in [5.41, 5.74) is -0.819. The van der Waals surface area contributed by atoms with Gasteiger partial charge >= 0.3 is 12.3 Å². The molecule has 0 spiro atoms. The number of ether oxygens (including phenoxy) is 1. The zero-order chi connectivity index (χ0) is 23.0. The first-order valence-corrected chi connectivity index (χ1v) is 9.60. The van der Waals surface area contributed by atoms with Gasteiger partial charge in [-0.3, -0.25) is 14.7 Å². The molecule has 1 aliphatic heterocycles. The summed E-state index contributed by atoms with van der Waals surface area (Å²) < 4.78 is 51.5. The average Bonchev–Trinajstić information content (AvgIpc) is 3.21. The molecule has 1 aromatic carbocycles. The van der Waals surface area contributed by atoms with Gasteiger partial charge in [0.1, 0.15) is 5.58 Å². The number of alkyl halides is 3. The van der Waals surface area contributed by atoms with E-state index in [1.807, 2.05) is 0 Å². The van der Waals surface area contributed by atoms with Crippen LogP contribution in [0.3, 0.4) is 0 Å². The topological polar surface area (TPSA) is 96.1 Å². The van der Waals surface area contributed by atoms with E-state index in [4.69, 9.17) is 14.3 Å². The lowest BCUT2D eigenvalue weighted by Gasteiger charge is -2.26. The molecule has 2 aromatic heterocycles. The molecule has 8 nitrogen and oxygen atoms in total. The minimum Gasteiger partial charge on any atom is -0.465 e. The molecule has 0 aliphatic carbocycles. The number of carbonyl (C=O) groups is 2. The van der Waals surface area contributed by atoms with E-state index in [1.165, 1.54) is 37.5 Å². The molecule has 1 N–H and O–H groups in total. The maximum absolute atomic E-state index is 13.7. The normalized spacial score (nSPS) is 14.6. The van der Waals surface area contributed by atoms with Crippen LogP contribution in [-0.4, -0.2) is 60.3 Å². The van der Waals surface area contributed by atoms with E-state index in [2.05, 4.69) is 4.98 Å². The number of amides is 2. The molecule has 32 heavy (non-hydrogen) atoms. The fourth-order valence-corrected chi connectivity index (χ4v) is 3.40. The maximum atomic E-state index is 13.7. The molecule has 1 fully saturated rings.